The number of carbonyl (C=O) groups excluding carboxylic acids is 1. The number of pyridine rings is 1. The smallest absolute Gasteiger partial charge is 0.322 e. The summed E-state index contributed by atoms with van der Waals surface area (Å²) < 4.78 is 0. The summed E-state index contributed by atoms with van der Waals surface area (Å²) in [7, 11) is 4.33. The van der Waals surface area contributed by atoms with Crippen LogP contribution in [0.1, 0.15) is 49.7 Å². The summed E-state index contributed by atoms with van der Waals surface area (Å²) in [5.41, 5.74) is 3.80. The van der Waals surface area contributed by atoms with E-state index in [4.69, 9.17) is 5.26 Å². The second-order valence-electron chi connectivity index (χ2n) is 11.4. The van der Waals surface area contributed by atoms with E-state index in [0.717, 1.165) is 68.7 Å². The lowest BCUT2D eigenvalue weighted by Gasteiger charge is -2.38. The number of nitriles is 1. The van der Waals surface area contributed by atoms with E-state index in [2.05, 4.69) is 69.8 Å². The van der Waals surface area contributed by atoms with Crippen molar-refractivity contribution in [3.05, 3.63) is 84.1 Å². The first-order valence-corrected chi connectivity index (χ1v) is 14.8. The van der Waals surface area contributed by atoms with Crippen molar-refractivity contribution in [2.75, 3.05) is 42.3 Å². The van der Waals surface area contributed by atoms with Crippen molar-refractivity contribution in [3.63, 3.8) is 0 Å². The van der Waals surface area contributed by atoms with E-state index in [-0.39, 0.29) is 18.1 Å². The number of nitrogens with one attached hydrogen (secondary N) is 2. The first-order chi connectivity index (χ1) is 20.0. The molecular weight excluding hydrogens is 510 g/mol. The van der Waals surface area contributed by atoms with Gasteiger partial charge < -0.3 is 20.4 Å². The summed E-state index contributed by atoms with van der Waals surface area (Å²) in [5.74, 6) is 0.787. The fraction of sp³-hybridized carbons (Fsp3) is 0.424. The number of hydrogen-bond donors (Lipinski definition) is 2. The predicted octanol–water partition coefficient (Wildman–Crippen LogP) is 5.62. The molecule has 1 aromatic heterocycles. The van der Waals surface area contributed by atoms with Crippen molar-refractivity contribution in [3.8, 4) is 6.07 Å². The maximum atomic E-state index is 13.7. The van der Waals surface area contributed by atoms with Crippen LogP contribution in [0.15, 0.2) is 72.9 Å². The Kier molecular flexibility index (Phi) is 9.37. The third kappa shape index (κ3) is 7.36. The van der Waals surface area contributed by atoms with Gasteiger partial charge in [-0.3, -0.25) is 4.90 Å². The van der Waals surface area contributed by atoms with Crippen LogP contribution in [0.2, 0.25) is 0 Å². The summed E-state index contributed by atoms with van der Waals surface area (Å²) in [6.45, 7) is 2.60. The summed E-state index contributed by atoms with van der Waals surface area (Å²) in [5, 5.41) is 15.7. The standard InChI is InChI=1S/C33H41N7O/c1-38(2)28-18-20-39(21-19-28)29-13-15-31(16-14-29)40(33(41)36-23-25-6-4-3-5-7-25)30-11-9-27(10-12-30)37-32-17-8-26(22-34)24-35-32/h3-8,13-17,24,27-28,30H,9-12,18-21,23H2,1-2H3,(H,35,37)(H,36,41). The van der Waals surface area contributed by atoms with E-state index < -0.39 is 0 Å². The van der Waals surface area contributed by atoms with Crippen molar-refractivity contribution < 1.29 is 4.79 Å². The zero-order valence-corrected chi connectivity index (χ0v) is 24.2. The average molecular weight is 552 g/mol. The predicted molar refractivity (Wildman–Crippen MR) is 165 cm³/mol. The molecule has 2 aliphatic rings. The molecule has 1 saturated carbocycles. The van der Waals surface area contributed by atoms with E-state index in [9.17, 15) is 4.79 Å². The number of piperidine rings is 1. The highest BCUT2D eigenvalue weighted by Gasteiger charge is 2.30. The number of rotatable bonds is 8. The van der Waals surface area contributed by atoms with Crippen LogP contribution >= 0.6 is 0 Å². The Morgan fingerprint density at radius 1 is 0.927 bits per heavy atom. The molecule has 2 aromatic carbocycles. The SMILES string of the molecule is CN(C)C1CCN(c2ccc(N(C(=O)NCc3ccccc3)C3CCC(Nc4ccc(C#N)cn4)CC3)cc2)CC1. The van der Waals surface area contributed by atoms with Gasteiger partial charge in [0.05, 0.1) is 5.56 Å². The van der Waals surface area contributed by atoms with Gasteiger partial charge in [0.2, 0.25) is 0 Å². The molecular formula is C33H41N7O. The topological polar surface area (TPSA) is 87.5 Å². The lowest BCUT2D eigenvalue weighted by atomic mass is 9.90. The summed E-state index contributed by atoms with van der Waals surface area (Å²) >= 11 is 0. The molecule has 8 heteroatoms. The van der Waals surface area contributed by atoms with Gasteiger partial charge in [-0.05, 0) is 94.6 Å². The fourth-order valence-corrected chi connectivity index (χ4v) is 6.05. The summed E-state index contributed by atoms with van der Waals surface area (Å²) in [6.07, 6.45) is 7.59. The van der Waals surface area contributed by atoms with Crippen molar-refractivity contribution in [2.24, 2.45) is 0 Å². The molecule has 1 aliphatic carbocycles. The molecule has 5 rings (SSSR count). The highest BCUT2D eigenvalue weighted by molar-refractivity contribution is 5.92. The number of benzene rings is 2. The molecule has 8 nitrogen and oxygen atoms in total. The van der Waals surface area contributed by atoms with Crippen LogP contribution in [0.25, 0.3) is 0 Å². The van der Waals surface area contributed by atoms with Crippen molar-refractivity contribution >= 4 is 23.2 Å². The molecule has 0 unspecified atom stereocenters. The minimum atomic E-state index is -0.0569. The van der Waals surface area contributed by atoms with Gasteiger partial charge in [-0.15, -0.1) is 0 Å². The molecule has 3 aromatic rings. The number of aromatic nitrogens is 1. The molecule has 0 spiro atoms. The summed E-state index contributed by atoms with van der Waals surface area (Å²) in [6, 6.07) is 25.4. The van der Waals surface area contributed by atoms with E-state index in [1.807, 2.05) is 41.3 Å². The normalized spacial score (nSPS) is 19.4. The van der Waals surface area contributed by atoms with Crippen LogP contribution in [0, 0.1) is 11.3 Å². The van der Waals surface area contributed by atoms with Gasteiger partial charge >= 0.3 is 6.03 Å². The maximum absolute atomic E-state index is 13.7. The third-order valence-electron chi connectivity index (χ3n) is 8.50. The molecule has 214 valence electrons. The van der Waals surface area contributed by atoms with Gasteiger partial charge in [0.25, 0.3) is 0 Å². The number of hydrogen-bond acceptors (Lipinski definition) is 6. The average Bonchev–Trinajstić information content (AvgIpc) is 3.02. The Morgan fingerprint density at radius 2 is 1.63 bits per heavy atom. The van der Waals surface area contributed by atoms with Crippen molar-refractivity contribution in [1.29, 1.82) is 5.26 Å². The Morgan fingerprint density at radius 3 is 2.24 bits per heavy atom. The minimum Gasteiger partial charge on any atom is -0.371 e. The van der Waals surface area contributed by atoms with Crippen molar-refractivity contribution in [1.82, 2.24) is 15.2 Å². The first kappa shape index (κ1) is 28.4. The molecule has 2 fully saturated rings. The zero-order chi connectivity index (χ0) is 28.6. The Balaban J connectivity index is 1.26. The number of amides is 2. The quantitative estimate of drug-likeness (QED) is 0.378. The van der Waals surface area contributed by atoms with Crippen LogP contribution in [0.4, 0.5) is 22.0 Å². The van der Waals surface area contributed by atoms with Crippen molar-refractivity contribution in [2.45, 2.75) is 63.2 Å². The monoisotopic (exact) mass is 551 g/mol. The number of urea groups is 1. The zero-order valence-electron chi connectivity index (χ0n) is 24.2. The molecule has 2 N–H and O–H groups in total. The molecule has 1 saturated heterocycles. The van der Waals surface area contributed by atoms with E-state index >= 15 is 0 Å². The van der Waals surface area contributed by atoms with Crippen LogP contribution < -0.4 is 20.4 Å². The van der Waals surface area contributed by atoms with Gasteiger partial charge in [-0.1, -0.05) is 30.3 Å². The first-order valence-electron chi connectivity index (χ1n) is 14.8. The second-order valence-corrected chi connectivity index (χ2v) is 11.4. The van der Waals surface area contributed by atoms with Gasteiger partial charge in [0.1, 0.15) is 11.9 Å². The van der Waals surface area contributed by atoms with Crippen LogP contribution in [-0.4, -0.2) is 61.2 Å². The molecule has 2 amide bonds. The second kappa shape index (κ2) is 13.5. The Hall–Kier alpha value is -4.09. The molecule has 41 heavy (non-hydrogen) atoms. The number of anilines is 3. The molecule has 2 heterocycles. The van der Waals surface area contributed by atoms with E-state index in [1.54, 1.807) is 12.3 Å². The minimum absolute atomic E-state index is 0.0569. The summed E-state index contributed by atoms with van der Waals surface area (Å²) in [4.78, 5) is 24.8. The largest absolute Gasteiger partial charge is 0.371 e. The van der Waals surface area contributed by atoms with Gasteiger partial charge in [0, 0.05) is 55.3 Å². The third-order valence-corrected chi connectivity index (χ3v) is 8.50. The van der Waals surface area contributed by atoms with Crippen LogP contribution in [0.5, 0.6) is 0 Å². The lowest BCUT2D eigenvalue weighted by molar-refractivity contribution is 0.240. The maximum Gasteiger partial charge on any atom is 0.322 e. The van der Waals surface area contributed by atoms with E-state index in [0.29, 0.717) is 18.2 Å². The van der Waals surface area contributed by atoms with Gasteiger partial charge in [0.15, 0.2) is 0 Å². The lowest BCUT2D eigenvalue weighted by Crippen LogP contribution is -2.48. The van der Waals surface area contributed by atoms with Gasteiger partial charge in [-0.2, -0.15) is 5.26 Å². The fourth-order valence-electron chi connectivity index (χ4n) is 6.05. The Labute approximate surface area is 244 Å². The highest BCUT2D eigenvalue weighted by atomic mass is 16.2. The van der Waals surface area contributed by atoms with Crippen LogP contribution in [0.3, 0.4) is 0 Å². The molecule has 0 radical (unpaired) electrons. The van der Waals surface area contributed by atoms with Crippen LogP contribution in [-0.2, 0) is 6.54 Å². The number of nitrogens with zero attached hydrogens (tertiary/aromatic N) is 5. The van der Waals surface area contributed by atoms with E-state index in [1.165, 1.54) is 5.69 Å². The molecule has 0 atom stereocenters. The molecule has 0 bridgehead atoms. The Bertz CT molecular complexity index is 1290. The molecule has 1 aliphatic heterocycles. The number of carbonyl (C=O) groups is 1. The highest BCUT2D eigenvalue weighted by Crippen LogP contribution is 2.31. The van der Waals surface area contributed by atoms with Gasteiger partial charge in [-0.25, -0.2) is 9.78 Å².